The largest absolute Gasteiger partial charge is 0.351 e. The molecule has 2 rings (SSSR count). The van der Waals surface area contributed by atoms with Gasteiger partial charge in [-0.25, -0.2) is 8.78 Å². The molecule has 0 spiro atoms. The molecule has 0 heterocycles. The van der Waals surface area contributed by atoms with Crippen molar-refractivity contribution >= 4 is 79.2 Å². The van der Waals surface area contributed by atoms with E-state index in [-0.39, 0.29) is 21.7 Å². The molecule has 0 saturated carbocycles. The summed E-state index contributed by atoms with van der Waals surface area (Å²) in [6.07, 6.45) is 0. The molecule has 0 radical (unpaired) electrons. The van der Waals surface area contributed by atoms with E-state index in [0.29, 0.717) is 16.8 Å². The first-order valence-corrected chi connectivity index (χ1v) is 10.4. The summed E-state index contributed by atoms with van der Waals surface area (Å²) in [4.78, 5) is 19.6. The maximum absolute atomic E-state index is 14.6. The number of anilines is 2. The quantitative estimate of drug-likeness (QED) is 0.186. The first kappa shape index (κ1) is 23.6. The first-order chi connectivity index (χ1) is 13.1. The fourth-order valence-electron chi connectivity index (χ4n) is 2.07. The molecule has 0 aliphatic rings. The fraction of sp³-hybridized carbons (Fsp3) is 0.235. The summed E-state index contributed by atoms with van der Waals surface area (Å²) in [5.74, 6) is -3.29. The van der Waals surface area contributed by atoms with Crippen LogP contribution in [0, 0.1) is 15.2 Å². The number of rotatable bonds is 7. The number of hydrogen-bond donors (Lipinski definition) is 1. The summed E-state index contributed by atoms with van der Waals surface area (Å²) >= 11 is 17.0. The van der Waals surface area contributed by atoms with Crippen LogP contribution in [0.1, 0.15) is 10.4 Å². The molecule has 0 bridgehead atoms. The van der Waals surface area contributed by atoms with E-state index in [4.69, 9.17) is 28.2 Å². The van der Waals surface area contributed by atoms with E-state index in [0.717, 1.165) is 9.64 Å². The van der Waals surface area contributed by atoms with Gasteiger partial charge in [0.2, 0.25) is 0 Å². The zero-order valence-corrected chi connectivity index (χ0v) is 20.0. The van der Waals surface area contributed by atoms with Gasteiger partial charge in [-0.1, -0.05) is 11.6 Å². The van der Waals surface area contributed by atoms with Gasteiger partial charge in [0, 0.05) is 21.9 Å². The summed E-state index contributed by atoms with van der Waals surface area (Å²) in [5, 5.41) is 2.95. The predicted octanol–water partition coefficient (Wildman–Crippen LogP) is 5.82. The second-order valence-electron chi connectivity index (χ2n) is 5.84. The zero-order chi connectivity index (χ0) is 21.0. The number of amides is 1. The Kier molecular flexibility index (Phi) is 8.71. The topological polar surface area (TPSA) is 44.8 Å². The van der Waals surface area contributed by atoms with Crippen LogP contribution in [0.15, 0.2) is 28.7 Å². The van der Waals surface area contributed by atoms with Crippen molar-refractivity contribution in [2.75, 3.05) is 32.6 Å². The third-order valence-electron chi connectivity index (χ3n) is 3.49. The van der Waals surface area contributed by atoms with E-state index >= 15 is 0 Å². The Hall–Kier alpha value is -0.720. The standard InChI is InChI=1S/C17H15BrCl2F2IN3O2/c1-25(2)5-6-28-26(20)17(27)10-8-11(18)14(21)15(22)16(10)24-13-4-3-9(23)7-12(13)19/h3-4,7-8,24H,5-6H2,1-2H3. The summed E-state index contributed by atoms with van der Waals surface area (Å²) in [6, 6.07) is 6.07. The second kappa shape index (κ2) is 10.4. The number of nitrogens with zero attached hydrogens (tertiary/aromatic N) is 2. The van der Waals surface area contributed by atoms with Crippen molar-refractivity contribution in [3.8, 4) is 0 Å². The van der Waals surface area contributed by atoms with Crippen LogP contribution in [-0.2, 0) is 4.84 Å². The normalized spacial score (nSPS) is 11.0. The van der Waals surface area contributed by atoms with Crippen molar-refractivity contribution in [2.24, 2.45) is 0 Å². The van der Waals surface area contributed by atoms with Crippen LogP contribution in [0.25, 0.3) is 0 Å². The molecule has 0 aliphatic heterocycles. The Balaban J connectivity index is 2.39. The van der Waals surface area contributed by atoms with E-state index in [1.54, 1.807) is 18.2 Å². The molecule has 0 atom stereocenters. The highest BCUT2D eigenvalue weighted by Crippen LogP contribution is 2.34. The zero-order valence-electron chi connectivity index (χ0n) is 14.7. The van der Waals surface area contributed by atoms with Gasteiger partial charge in [0.15, 0.2) is 11.6 Å². The smallest absolute Gasteiger partial charge is 0.295 e. The Morgan fingerprint density at radius 1 is 1.29 bits per heavy atom. The molecule has 0 fully saturated rings. The molecule has 28 heavy (non-hydrogen) atoms. The van der Waals surface area contributed by atoms with Crippen molar-refractivity contribution in [1.82, 2.24) is 9.48 Å². The highest BCUT2D eigenvalue weighted by Gasteiger charge is 2.26. The molecule has 1 amide bonds. The number of halogens is 6. The summed E-state index contributed by atoms with van der Waals surface area (Å²) < 4.78 is 29.8. The molecule has 0 aliphatic carbocycles. The first-order valence-electron chi connectivity index (χ1n) is 7.79. The average molecular weight is 609 g/mol. The molecule has 2 aromatic rings. The van der Waals surface area contributed by atoms with Gasteiger partial charge < -0.3 is 10.2 Å². The van der Waals surface area contributed by atoms with Crippen LogP contribution in [0.3, 0.4) is 0 Å². The van der Waals surface area contributed by atoms with Gasteiger partial charge >= 0.3 is 0 Å². The monoisotopic (exact) mass is 607 g/mol. The fourth-order valence-corrected chi connectivity index (χ4v) is 3.53. The molecule has 0 aromatic heterocycles. The van der Waals surface area contributed by atoms with Gasteiger partial charge in [-0.15, -0.1) is 4.58 Å². The Labute approximate surface area is 193 Å². The minimum absolute atomic E-state index is 0.124. The molecule has 152 valence electrons. The lowest BCUT2D eigenvalue weighted by molar-refractivity contribution is -0.0622. The number of likely N-dealkylation sites (N-methyl/N-ethyl adjacent to an activating group) is 1. The molecule has 0 unspecified atom stereocenters. The lowest BCUT2D eigenvalue weighted by Gasteiger charge is -2.19. The van der Waals surface area contributed by atoms with Crippen molar-refractivity contribution in [2.45, 2.75) is 0 Å². The minimum Gasteiger partial charge on any atom is -0.351 e. The van der Waals surface area contributed by atoms with E-state index in [2.05, 4.69) is 43.8 Å². The third kappa shape index (κ3) is 5.90. The molecule has 2 aromatic carbocycles. The van der Waals surface area contributed by atoms with Crippen LogP contribution in [-0.4, -0.2) is 42.6 Å². The number of hydrogen-bond acceptors (Lipinski definition) is 4. The summed E-state index contributed by atoms with van der Waals surface area (Å²) in [6.45, 7) is 0.625. The van der Waals surface area contributed by atoms with Crippen molar-refractivity contribution in [3.63, 3.8) is 0 Å². The van der Waals surface area contributed by atoms with Crippen LogP contribution >= 0.6 is 61.9 Å². The summed E-state index contributed by atoms with van der Waals surface area (Å²) in [7, 11) is 3.64. The highest BCUT2D eigenvalue weighted by atomic mass is 127. The highest BCUT2D eigenvalue weighted by molar-refractivity contribution is 14.1. The molecule has 11 heteroatoms. The van der Waals surface area contributed by atoms with Crippen molar-refractivity contribution in [1.29, 1.82) is 0 Å². The molecule has 5 nitrogen and oxygen atoms in total. The SMILES string of the molecule is CN(C)CCON(Cl)C(=O)c1cc(Br)c(F)c(F)c1Nc1ccc(I)cc1Cl. The van der Waals surface area contributed by atoms with Crippen LogP contribution < -0.4 is 5.32 Å². The van der Waals surface area contributed by atoms with E-state index in [1.165, 1.54) is 0 Å². The van der Waals surface area contributed by atoms with Crippen molar-refractivity contribution in [3.05, 3.63) is 54.5 Å². The maximum Gasteiger partial charge on any atom is 0.295 e. The van der Waals surface area contributed by atoms with Crippen LogP contribution in [0.2, 0.25) is 5.02 Å². The maximum atomic E-state index is 14.6. The number of hydroxylamine groups is 1. The minimum atomic E-state index is -1.26. The Morgan fingerprint density at radius 3 is 2.57 bits per heavy atom. The van der Waals surface area contributed by atoms with Gasteiger partial charge in [-0.05, 0) is 76.9 Å². The summed E-state index contributed by atoms with van der Waals surface area (Å²) in [5.41, 5.74) is -0.345. The molecule has 0 saturated heterocycles. The number of carbonyl (C=O) groups excluding carboxylic acids is 1. The lowest BCUT2D eigenvalue weighted by atomic mass is 10.1. The number of carbonyl (C=O) groups is 1. The van der Waals surface area contributed by atoms with Gasteiger partial charge in [0.05, 0.1) is 33.0 Å². The van der Waals surface area contributed by atoms with Gasteiger partial charge in [-0.2, -0.15) is 0 Å². The second-order valence-corrected chi connectivity index (χ2v) is 8.66. The molecular formula is C17H15BrCl2F2IN3O2. The van der Waals surface area contributed by atoms with Crippen LogP contribution in [0.4, 0.5) is 20.2 Å². The Morgan fingerprint density at radius 2 is 1.96 bits per heavy atom. The van der Waals surface area contributed by atoms with Gasteiger partial charge in [0.1, 0.15) is 0 Å². The van der Waals surface area contributed by atoms with E-state index in [9.17, 15) is 13.6 Å². The van der Waals surface area contributed by atoms with E-state index < -0.39 is 23.2 Å². The lowest BCUT2D eigenvalue weighted by Crippen LogP contribution is -2.27. The average Bonchev–Trinajstić information content (AvgIpc) is 2.62. The molecule has 1 N–H and O–H groups in total. The number of nitrogens with one attached hydrogen (secondary N) is 1. The third-order valence-corrected chi connectivity index (χ3v) is 5.30. The van der Waals surface area contributed by atoms with Gasteiger partial charge in [0.25, 0.3) is 5.91 Å². The number of benzene rings is 2. The Bertz CT molecular complexity index is 890. The van der Waals surface area contributed by atoms with Crippen molar-refractivity contribution < 1.29 is 18.4 Å². The van der Waals surface area contributed by atoms with Gasteiger partial charge in [-0.3, -0.25) is 9.63 Å². The van der Waals surface area contributed by atoms with Crippen LogP contribution in [0.5, 0.6) is 0 Å². The molecular weight excluding hydrogens is 594 g/mol. The van der Waals surface area contributed by atoms with E-state index in [1.807, 2.05) is 19.0 Å². The predicted molar refractivity (Wildman–Crippen MR) is 118 cm³/mol.